The molecule has 0 bridgehead atoms. The van der Waals surface area contributed by atoms with Gasteiger partial charge in [-0.05, 0) is 32.0 Å². The molecule has 0 atom stereocenters. The molecule has 0 amide bonds. The molecule has 0 saturated heterocycles. The molecule has 0 spiro atoms. The van der Waals surface area contributed by atoms with Crippen LogP contribution in [-0.4, -0.2) is 30.1 Å². The number of hydrogen-bond acceptors (Lipinski definition) is 5. The Morgan fingerprint density at radius 3 is 2.57 bits per heavy atom. The minimum absolute atomic E-state index is 0.0113. The van der Waals surface area contributed by atoms with E-state index in [0.717, 1.165) is 12.1 Å². The van der Waals surface area contributed by atoms with Gasteiger partial charge in [0.15, 0.2) is 5.03 Å². The second kappa shape index (κ2) is 6.23. The first-order valence-electron chi connectivity index (χ1n) is 6.64. The number of pyridine rings is 1. The molecule has 2 heterocycles. The van der Waals surface area contributed by atoms with E-state index in [-0.39, 0.29) is 5.03 Å². The Morgan fingerprint density at radius 2 is 2.05 bits per heavy atom. The third-order valence-electron chi connectivity index (χ3n) is 3.02. The molecule has 0 aliphatic rings. The van der Waals surface area contributed by atoms with Crippen LogP contribution in [0, 0.1) is 13.8 Å². The van der Waals surface area contributed by atoms with Crippen LogP contribution in [0.25, 0.3) is 0 Å². The van der Waals surface area contributed by atoms with E-state index in [2.05, 4.69) is 25.2 Å². The van der Waals surface area contributed by atoms with Crippen LogP contribution in [0.1, 0.15) is 23.9 Å². The summed E-state index contributed by atoms with van der Waals surface area (Å²) in [4.78, 5) is 4.02. The summed E-state index contributed by atoms with van der Waals surface area (Å²) in [5, 5.41) is 9.84. The SMILES string of the molecule is CCNCc1ccc(S(=O)(=O)Nc2c(C)n[nH]c2C)nc1. The summed E-state index contributed by atoms with van der Waals surface area (Å²) in [6.07, 6.45) is 1.56. The fourth-order valence-corrected chi connectivity index (χ4v) is 2.94. The van der Waals surface area contributed by atoms with Crippen molar-refractivity contribution >= 4 is 15.7 Å². The van der Waals surface area contributed by atoms with Gasteiger partial charge in [0.25, 0.3) is 10.0 Å². The maximum Gasteiger partial charge on any atom is 0.279 e. The van der Waals surface area contributed by atoms with Gasteiger partial charge in [0.05, 0.1) is 17.1 Å². The smallest absolute Gasteiger partial charge is 0.279 e. The summed E-state index contributed by atoms with van der Waals surface area (Å²) in [6.45, 7) is 7.00. The molecular formula is C13H19N5O2S. The lowest BCUT2D eigenvalue weighted by molar-refractivity contribution is 0.597. The van der Waals surface area contributed by atoms with Crippen molar-refractivity contribution in [1.29, 1.82) is 0 Å². The molecule has 3 N–H and O–H groups in total. The van der Waals surface area contributed by atoms with E-state index in [9.17, 15) is 8.42 Å². The number of anilines is 1. The van der Waals surface area contributed by atoms with E-state index in [1.165, 1.54) is 6.07 Å². The third kappa shape index (κ3) is 3.59. The average molecular weight is 309 g/mol. The Kier molecular flexibility index (Phi) is 4.59. The summed E-state index contributed by atoms with van der Waals surface area (Å²) in [5.41, 5.74) is 2.67. The lowest BCUT2D eigenvalue weighted by atomic mass is 10.3. The predicted octanol–water partition coefficient (Wildman–Crippen LogP) is 1.33. The van der Waals surface area contributed by atoms with Crippen molar-refractivity contribution in [2.45, 2.75) is 32.3 Å². The highest BCUT2D eigenvalue weighted by Gasteiger charge is 2.19. The van der Waals surface area contributed by atoms with Gasteiger partial charge in [-0.15, -0.1) is 0 Å². The van der Waals surface area contributed by atoms with Crippen LogP contribution >= 0.6 is 0 Å². The summed E-state index contributed by atoms with van der Waals surface area (Å²) in [6, 6.07) is 3.25. The fourth-order valence-electron chi connectivity index (χ4n) is 1.83. The van der Waals surface area contributed by atoms with Crippen LogP contribution in [0.3, 0.4) is 0 Å². The van der Waals surface area contributed by atoms with Gasteiger partial charge in [-0.2, -0.15) is 13.5 Å². The van der Waals surface area contributed by atoms with Gasteiger partial charge in [-0.3, -0.25) is 9.82 Å². The predicted molar refractivity (Wildman–Crippen MR) is 80.5 cm³/mol. The van der Waals surface area contributed by atoms with Gasteiger partial charge in [0.2, 0.25) is 0 Å². The minimum atomic E-state index is -3.71. The molecule has 21 heavy (non-hydrogen) atoms. The number of aromatic nitrogens is 3. The second-order valence-corrected chi connectivity index (χ2v) is 6.33. The molecule has 7 nitrogen and oxygen atoms in total. The molecule has 114 valence electrons. The van der Waals surface area contributed by atoms with Crippen molar-refractivity contribution in [2.75, 3.05) is 11.3 Å². The van der Waals surface area contributed by atoms with Crippen LogP contribution in [0.4, 0.5) is 5.69 Å². The van der Waals surface area contributed by atoms with Crippen LogP contribution in [0.15, 0.2) is 23.4 Å². The molecular weight excluding hydrogens is 290 g/mol. The number of aryl methyl sites for hydroxylation is 2. The molecule has 0 unspecified atom stereocenters. The van der Waals surface area contributed by atoms with Crippen molar-refractivity contribution in [3.05, 3.63) is 35.3 Å². The van der Waals surface area contributed by atoms with Gasteiger partial charge in [-0.1, -0.05) is 13.0 Å². The number of nitrogens with one attached hydrogen (secondary N) is 3. The zero-order valence-electron chi connectivity index (χ0n) is 12.3. The molecule has 2 rings (SSSR count). The first-order chi connectivity index (χ1) is 9.94. The molecule has 0 fully saturated rings. The lowest BCUT2D eigenvalue weighted by Crippen LogP contribution is -2.16. The van der Waals surface area contributed by atoms with Crippen LogP contribution in [-0.2, 0) is 16.6 Å². The molecule has 0 aliphatic carbocycles. The number of hydrogen-bond donors (Lipinski definition) is 3. The van der Waals surface area contributed by atoms with Gasteiger partial charge < -0.3 is 5.32 Å². The van der Waals surface area contributed by atoms with Gasteiger partial charge >= 0.3 is 0 Å². The van der Waals surface area contributed by atoms with Gasteiger partial charge in [0, 0.05) is 12.7 Å². The van der Waals surface area contributed by atoms with Crippen molar-refractivity contribution in [1.82, 2.24) is 20.5 Å². The Balaban J connectivity index is 2.20. The molecule has 0 aliphatic heterocycles. The number of aromatic amines is 1. The van der Waals surface area contributed by atoms with Crippen LogP contribution < -0.4 is 10.0 Å². The maximum atomic E-state index is 12.3. The van der Waals surface area contributed by atoms with E-state index in [4.69, 9.17) is 0 Å². The van der Waals surface area contributed by atoms with E-state index in [0.29, 0.717) is 23.6 Å². The maximum absolute atomic E-state index is 12.3. The first kappa shape index (κ1) is 15.5. The molecule has 0 saturated carbocycles. The van der Waals surface area contributed by atoms with Gasteiger partial charge in [0.1, 0.15) is 0 Å². The molecule has 2 aromatic heterocycles. The zero-order valence-corrected chi connectivity index (χ0v) is 13.1. The summed E-state index contributed by atoms with van der Waals surface area (Å²) >= 11 is 0. The quantitative estimate of drug-likeness (QED) is 0.747. The van der Waals surface area contributed by atoms with Crippen molar-refractivity contribution in [3.8, 4) is 0 Å². The molecule has 0 radical (unpaired) electrons. The monoisotopic (exact) mass is 309 g/mol. The van der Waals surface area contributed by atoms with Crippen molar-refractivity contribution in [2.24, 2.45) is 0 Å². The number of sulfonamides is 1. The zero-order chi connectivity index (χ0) is 15.5. The molecule has 0 aromatic carbocycles. The number of nitrogens with zero attached hydrogens (tertiary/aromatic N) is 2. The Labute approximate surface area is 124 Å². The van der Waals surface area contributed by atoms with Crippen LogP contribution in [0.5, 0.6) is 0 Å². The largest absolute Gasteiger partial charge is 0.313 e. The summed E-state index contributed by atoms with van der Waals surface area (Å²) in [5.74, 6) is 0. The summed E-state index contributed by atoms with van der Waals surface area (Å²) < 4.78 is 27.1. The Morgan fingerprint density at radius 1 is 1.29 bits per heavy atom. The van der Waals surface area contributed by atoms with Crippen LogP contribution in [0.2, 0.25) is 0 Å². The molecule has 2 aromatic rings. The second-order valence-electron chi connectivity index (χ2n) is 4.70. The van der Waals surface area contributed by atoms with E-state index in [1.54, 1.807) is 26.1 Å². The van der Waals surface area contributed by atoms with Crippen molar-refractivity contribution in [3.63, 3.8) is 0 Å². The highest BCUT2D eigenvalue weighted by molar-refractivity contribution is 7.92. The normalized spacial score (nSPS) is 11.6. The Hall–Kier alpha value is -1.93. The van der Waals surface area contributed by atoms with E-state index in [1.807, 2.05) is 6.92 Å². The summed E-state index contributed by atoms with van der Waals surface area (Å²) in [7, 11) is -3.71. The standard InChI is InChI=1S/C13H19N5O2S/c1-4-14-7-11-5-6-12(15-8-11)21(19,20)18-13-9(2)16-17-10(13)3/h5-6,8,14,18H,4,7H2,1-3H3,(H,16,17). The first-order valence-corrected chi connectivity index (χ1v) is 8.12. The number of H-pyrrole nitrogens is 1. The Bertz CT molecular complexity index is 687. The minimum Gasteiger partial charge on any atom is -0.313 e. The van der Waals surface area contributed by atoms with Crippen molar-refractivity contribution < 1.29 is 8.42 Å². The topological polar surface area (TPSA) is 99.8 Å². The van der Waals surface area contributed by atoms with Gasteiger partial charge in [-0.25, -0.2) is 4.98 Å². The lowest BCUT2D eigenvalue weighted by Gasteiger charge is -2.08. The van der Waals surface area contributed by atoms with E-state index >= 15 is 0 Å². The highest BCUT2D eigenvalue weighted by Crippen LogP contribution is 2.20. The number of rotatable bonds is 6. The third-order valence-corrected chi connectivity index (χ3v) is 4.28. The average Bonchev–Trinajstić information content (AvgIpc) is 2.77. The van der Waals surface area contributed by atoms with E-state index < -0.39 is 10.0 Å². The molecule has 8 heteroatoms. The fraction of sp³-hybridized carbons (Fsp3) is 0.385. The highest BCUT2D eigenvalue weighted by atomic mass is 32.2.